The number of aryl methyl sites for hydroxylation is 1. The van der Waals surface area contributed by atoms with Crippen LogP contribution in [-0.4, -0.2) is 41.9 Å². The van der Waals surface area contributed by atoms with Gasteiger partial charge in [0.1, 0.15) is 5.00 Å². The van der Waals surface area contributed by atoms with Gasteiger partial charge in [-0.05, 0) is 57.9 Å². The first-order chi connectivity index (χ1) is 12.9. The van der Waals surface area contributed by atoms with E-state index in [1.807, 2.05) is 18.7 Å². The van der Waals surface area contributed by atoms with E-state index in [0.29, 0.717) is 10.6 Å². The number of anilines is 1. The zero-order valence-corrected chi connectivity index (χ0v) is 17.1. The van der Waals surface area contributed by atoms with Crippen molar-refractivity contribution in [3.05, 3.63) is 16.0 Å². The minimum atomic E-state index is -0.540. The highest BCUT2D eigenvalue weighted by Crippen LogP contribution is 2.36. The Hall–Kier alpha value is -1.89. The third kappa shape index (κ3) is 4.51. The Labute approximate surface area is 164 Å². The van der Waals surface area contributed by atoms with Crippen LogP contribution in [0.5, 0.6) is 0 Å². The number of likely N-dealkylation sites (tertiary alicyclic amines) is 1. The number of thiophene rings is 1. The predicted octanol–water partition coefficient (Wildman–Crippen LogP) is 3.66. The fourth-order valence-electron chi connectivity index (χ4n) is 3.56. The number of nitrogens with one attached hydrogen (secondary N) is 1. The van der Waals surface area contributed by atoms with E-state index in [1.54, 1.807) is 0 Å². The van der Waals surface area contributed by atoms with Gasteiger partial charge >= 0.3 is 5.97 Å². The van der Waals surface area contributed by atoms with Gasteiger partial charge in [-0.3, -0.25) is 9.59 Å². The van der Waals surface area contributed by atoms with E-state index in [9.17, 15) is 14.4 Å². The molecule has 2 amide bonds. The molecule has 1 aliphatic carbocycles. The normalized spacial score (nSPS) is 19.7. The van der Waals surface area contributed by atoms with Gasteiger partial charge in [-0.15, -0.1) is 11.3 Å². The molecule has 1 aromatic heterocycles. The molecule has 1 saturated heterocycles. The first-order valence-corrected chi connectivity index (χ1v) is 10.6. The van der Waals surface area contributed by atoms with Crippen LogP contribution >= 0.6 is 11.3 Å². The van der Waals surface area contributed by atoms with Gasteiger partial charge < -0.3 is 15.0 Å². The molecule has 6 nitrogen and oxygen atoms in total. The summed E-state index contributed by atoms with van der Waals surface area (Å²) in [4.78, 5) is 40.1. The number of carbonyl (C=O) groups excluding carboxylic acids is 3. The summed E-state index contributed by atoms with van der Waals surface area (Å²) in [5.74, 6) is -0.659. The number of nitrogens with zero attached hydrogens (tertiary/aromatic N) is 1. The van der Waals surface area contributed by atoms with Crippen LogP contribution in [0.15, 0.2) is 0 Å². The van der Waals surface area contributed by atoms with Crippen molar-refractivity contribution >= 4 is 34.1 Å². The van der Waals surface area contributed by atoms with Crippen molar-refractivity contribution < 1.29 is 19.1 Å². The number of piperidine rings is 1. The van der Waals surface area contributed by atoms with E-state index in [1.165, 1.54) is 11.3 Å². The molecule has 1 atom stereocenters. The summed E-state index contributed by atoms with van der Waals surface area (Å²) in [6.45, 7) is 6.31. The summed E-state index contributed by atoms with van der Waals surface area (Å²) in [6.07, 6.45) is 5.86. The number of hydrogen-bond acceptors (Lipinski definition) is 5. The summed E-state index contributed by atoms with van der Waals surface area (Å²) in [6, 6.07) is 0.239. The van der Waals surface area contributed by atoms with Crippen LogP contribution in [0.4, 0.5) is 5.00 Å². The topological polar surface area (TPSA) is 75.7 Å². The second-order valence-electron chi connectivity index (χ2n) is 7.47. The lowest BCUT2D eigenvalue weighted by molar-refractivity contribution is -0.138. The highest BCUT2D eigenvalue weighted by molar-refractivity contribution is 7.16. The Morgan fingerprint density at radius 3 is 2.59 bits per heavy atom. The van der Waals surface area contributed by atoms with Crippen molar-refractivity contribution in [2.45, 2.75) is 65.3 Å². The highest BCUT2D eigenvalue weighted by atomic mass is 32.1. The standard InChI is InChI=1S/C20H28N2O4S/c1-4-15-7-5-6-10-22(15)16(23)11-26-20(25)17-12(2)13(3)27-19(17)21-18(24)14-8-9-14/h14-15H,4-11H2,1-3H3,(H,21,24)/t15-/m1/s1. The maximum Gasteiger partial charge on any atom is 0.341 e. The molecule has 2 aliphatic rings. The molecule has 1 aliphatic heterocycles. The van der Waals surface area contributed by atoms with Crippen LogP contribution in [0.25, 0.3) is 0 Å². The van der Waals surface area contributed by atoms with Gasteiger partial charge in [0.25, 0.3) is 5.91 Å². The lowest BCUT2D eigenvalue weighted by Gasteiger charge is -2.35. The van der Waals surface area contributed by atoms with Gasteiger partial charge in [0, 0.05) is 23.4 Å². The molecule has 148 valence electrons. The first-order valence-electron chi connectivity index (χ1n) is 9.79. The average Bonchev–Trinajstić information content (AvgIpc) is 3.47. The van der Waals surface area contributed by atoms with Crippen molar-refractivity contribution in [2.75, 3.05) is 18.5 Å². The van der Waals surface area contributed by atoms with E-state index in [4.69, 9.17) is 4.74 Å². The van der Waals surface area contributed by atoms with E-state index >= 15 is 0 Å². The van der Waals surface area contributed by atoms with Crippen LogP contribution in [0.2, 0.25) is 0 Å². The molecule has 3 rings (SSSR count). The number of amides is 2. The van der Waals surface area contributed by atoms with Crippen LogP contribution in [0.1, 0.15) is 66.2 Å². The Morgan fingerprint density at radius 2 is 1.93 bits per heavy atom. The predicted molar refractivity (Wildman–Crippen MR) is 105 cm³/mol. The third-order valence-electron chi connectivity index (χ3n) is 5.52. The Bertz CT molecular complexity index is 739. The molecule has 1 saturated carbocycles. The molecule has 0 spiro atoms. The van der Waals surface area contributed by atoms with Crippen molar-refractivity contribution in [2.24, 2.45) is 5.92 Å². The van der Waals surface area contributed by atoms with Crippen molar-refractivity contribution in [1.82, 2.24) is 4.90 Å². The van der Waals surface area contributed by atoms with E-state index < -0.39 is 5.97 Å². The first kappa shape index (κ1) is 19.9. The monoisotopic (exact) mass is 392 g/mol. The summed E-state index contributed by atoms with van der Waals surface area (Å²) in [5.41, 5.74) is 1.18. The Kier molecular flexibility index (Phi) is 6.19. The zero-order chi connectivity index (χ0) is 19.6. The molecule has 1 aromatic rings. The highest BCUT2D eigenvalue weighted by Gasteiger charge is 2.32. The largest absolute Gasteiger partial charge is 0.452 e. The molecule has 1 N–H and O–H groups in total. The molecule has 2 heterocycles. The summed E-state index contributed by atoms with van der Waals surface area (Å²) in [5, 5.41) is 3.40. The fraction of sp³-hybridized carbons (Fsp3) is 0.650. The van der Waals surface area contributed by atoms with Crippen LogP contribution in [-0.2, 0) is 14.3 Å². The van der Waals surface area contributed by atoms with Gasteiger partial charge in [0.2, 0.25) is 5.91 Å². The molecule has 0 aromatic carbocycles. The van der Waals surface area contributed by atoms with E-state index in [2.05, 4.69) is 12.2 Å². The molecule has 0 unspecified atom stereocenters. The second-order valence-corrected chi connectivity index (χ2v) is 8.70. The molecule has 2 fully saturated rings. The quantitative estimate of drug-likeness (QED) is 0.750. The SMILES string of the molecule is CC[C@@H]1CCCCN1C(=O)COC(=O)c1c(NC(=O)C2CC2)sc(C)c1C. The van der Waals surface area contributed by atoms with Gasteiger partial charge in [0.15, 0.2) is 6.61 Å². The number of rotatable bonds is 6. The minimum absolute atomic E-state index is 0.0412. The molecule has 0 bridgehead atoms. The maximum atomic E-state index is 12.7. The second kappa shape index (κ2) is 8.42. The molecule has 7 heteroatoms. The minimum Gasteiger partial charge on any atom is -0.452 e. The smallest absolute Gasteiger partial charge is 0.341 e. The van der Waals surface area contributed by atoms with Crippen molar-refractivity contribution in [3.8, 4) is 0 Å². The third-order valence-corrected chi connectivity index (χ3v) is 6.64. The summed E-state index contributed by atoms with van der Waals surface area (Å²) < 4.78 is 5.35. The van der Waals surface area contributed by atoms with Gasteiger partial charge in [-0.2, -0.15) is 0 Å². The van der Waals surface area contributed by atoms with E-state index in [0.717, 1.165) is 55.5 Å². The molecule has 27 heavy (non-hydrogen) atoms. The van der Waals surface area contributed by atoms with E-state index in [-0.39, 0.29) is 30.4 Å². The number of hydrogen-bond donors (Lipinski definition) is 1. The number of ether oxygens (including phenoxy) is 1. The van der Waals surface area contributed by atoms with Gasteiger partial charge in [-0.25, -0.2) is 4.79 Å². The van der Waals surface area contributed by atoms with Crippen molar-refractivity contribution in [3.63, 3.8) is 0 Å². The molecule has 0 radical (unpaired) electrons. The molecular weight excluding hydrogens is 364 g/mol. The fourth-order valence-corrected chi connectivity index (χ4v) is 4.61. The average molecular weight is 393 g/mol. The number of esters is 1. The van der Waals surface area contributed by atoms with Gasteiger partial charge in [0.05, 0.1) is 5.56 Å². The lowest BCUT2D eigenvalue weighted by atomic mass is 10.00. The summed E-state index contributed by atoms with van der Waals surface area (Å²) in [7, 11) is 0. The molecular formula is C20H28N2O4S. The Morgan fingerprint density at radius 1 is 1.19 bits per heavy atom. The Balaban J connectivity index is 1.65. The van der Waals surface area contributed by atoms with Crippen LogP contribution in [0.3, 0.4) is 0 Å². The number of carbonyl (C=O) groups is 3. The van der Waals surface area contributed by atoms with Crippen LogP contribution < -0.4 is 5.32 Å². The lowest BCUT2D eigenvalue weighted by Crippen LogP contribution is -2.45. The summed E-state index contributed by atoms with van der Waals surface area (Å²) >= 11 is 1.38. The zero-order valence-electron chi connectivity index (χ0n) is 16.3. The maximum absolute atomic E-state index is 12.7. The van der Waals surface area contributed by atoms with Crippen LogP contribution in [0, 0.1) is 19.8 Å². The van der Waals surface area contributed by atoms with Crippen molar-refractivity contribution in [1.29, 1.82) is 0 Å². The van der Waals surface area contributed by atoms with Gasteiger partial charge in [-0.1, -0.05) is 6.92 Å².